The van der Waals surface area contributed by atoms with Gasteiger partial charge in [-0.05, 0) is 78.4 Å². The third kappa shape index (κ3) is 6.52. The first-order chi connectivity index (χ1) is 17.0. The second-order valence-electron chi connectivity index (χ2n) is 8.52. The summed E-state index contributed by atoms with van der Waals surface area (Å²) in [5, 5.41) is 0. The second kappa shape index (κ2) is 10.4. The van der Waals surface area contributed by atoms with E-state index in [0.717, 1.165) is 23.3 Å². The van der Waals surface area contributed by atoms with Crippen molar-refractivity contribution in [3.63, 3.8) is 0 Å². The zero-order valence-electron chi connectivity index (χ0n) is 18.9. The summed E-state index contributed by atoms with van der Waals surface area (Å²) in [5.74, 6) is -1.76. The molecule has 3 aromatic rings. The molecule has 3 aromatic carbocycles. The highest BCUT2D eigenvalue weighted by atomic mass is 32.2. The molecular weight excluding hydrogens is 503 g/mol. The summed E-state index contributed by atoms with van der Waals surface area (Å²) in [4.78, 5) is 0. The highest BCUT2D eigenvalue weighted by Crippen LogP contribution is 2.38. The quantitative estimate of drug-likeness (QED) is 0.381. The van der Waals surface area contributed by atoms with Gasteiger partial charge >= 0.3 is 16.6 Å². The predicted octanol–water partition coefficient (Wildman–Crippen LogP) is 6.06. The molecule has 1 fully saturated rings. The van der Waals surface area contributed by atoms with E-state index in [1.165, 1.54) is 40.7 Å². The van der Waals surface area contributed by atoms with E-state index < -0.39 is 34.0 Å². The molecule has 4 rings (SSSR count). The average Bonchev–Trinajstić information content (AvgIpc) is 2.82. The summed E-state index contributed by atoms with van der Waals surface area (Å²) in [6, 6.07) is 16.3. The summed E-state index contributed by atoms with van der Waals surface area (Å²) in [6.45, 7) is 0.394. The Balaban J connectivity index is 1.54. The molecule has 0 radical (unpaired) electrons. The van der Waals surface area contributed by atoms with Gasteiger partial charge in [0.1, 0.15) is 17.4 Å². The zero-order valence-corrected chi connectivity index (χ0v) is 19.7. The minimum Gasteiger partial charge on any atom is -0.406 e. The van der Waals surface area contributed by atoms with Crippen LogP contribution in [-0.4, -0.2) is 32.2 Å². The molecule has 1 N–H and O–H groups in total. The molecule has 0 unspecified atom stereocenters. The van der Waals surface area contributed by atoms with Crippen molar-refractivity contribution >= 4 is 15.9 Å². The van der Waals surface area contributed by atoms with Gasteiger partial charge in [0.2, 0.25) is 0 Å². The van der Waals surface area contributed by atoms with Gasteiger partial charge in [-0.3, -0.25) is 4.72 Å². The highest BCUT2D eigenvalue weighted by molar-refractivity contribution is 7.90. The first-order valence-corrected chi connectivity index (χ1v) is 12.6. The standard InChI is InChI=1S/C25H23F5N2O3S/c26-20-7-3-17(4-8-20)24(18-5-9-21(27)10-6-18)19-2-1-15-32(16-19)36(33,34)31-22-11-13-23(14-12-22)35-25(28,29)30/h3-14,19,24,31H,1-2,15-16H2/t19-/m1/s1. The maximum absolute atomic E-state index is 13.6. The van der Waals surface area contributed by atoms with Crippen LogP contribution in [0.3, 0.4) is 0 Å². The molecule has 1 aliphatic heterocycles. The molecular formula is C25H23F5N2O3S. The minimum atomic E-state index is -4.85. The average molecular weight is 527 g/mol. The van der Waals surface area contributed by atoms with Crippen molar-refractivity contribution in [3.05, 3.63) is 95.6 Å². The SMILES string of the molecule is O=S(=O)(Nc1ccc(OC(F)(F)F)cc1)N1CCC[C@@H](C(c2ccc(F)cc2)c2ccc(F)cc2)C1. The molecule has 11 heteroatoms. The Hall–Kier alpha value is -3.18. The van der Waals surface area contributed by atoms with Crippen LogP contribution < -0.4 is 9.46 Å². The number of nitrogens with zero attached hydrogens (tertiary/aromatic N) is 1. The number of alkyl halides is 3. The van der Waals surface area contributed by atoms with Gasteiger partial charge < -0.3 is 4.74 Å². The van der Waals surface area contributed by atoms with Crippen molar-refractivity contribution in [3.8, 4) is 5.75 Å². The zero-order chi connectivity index (χ0) is 25.9. The molecule has 5 nitrogen and oxygen atoms in total. The molecule has 0 amide bonds. The molecule has 1 saturated heterocycles. The Labute approximate surface area is 205 Å². The third-order valence-corrected chi connectivity index (χ3v) is 7.53. The topological polar surface area (TPSA) is 58.6 Å². The van der Waals surface area contributed by atoms with Crippen molar-refractivity contribution in [2.75, 3.05) is 17.8 Å². The van der Waals surface area contributed by atoms with Crippen LogP contribution in [0.5, 0.6) is 5.75 Å². The van der Waals surface area contributed by atoms with E-state index in [2.05, 4.69) is 9.46 Å². The van der Waals surface area contributed by atoms with Crippen LogP contribution in [0.25, 0.3) is 0 Å². The first-order valence-electron chi connectivity index (χ1n) is 11.1. The number of piperidine rings is 1. The number of hydrogen-bond acceptors (Lipinski definition) is 3. The smallest absolute Gasteiger partial charge is 0.406 e. The van der Waals surface area contributed by atoms with E-state index in [9.17, 15) is 30.4 Å². The number of hydrogen-bond donors (Lipinski definition) is 1. The largest absolute Gasteiger partial charge is 0.573 e. The lowest BCUT2D eigenvalue weighted by atomic mass is 9.77. The Morgan fingerprint density at radius 3 is 1.89 bits per heavy atom. The van der Waals surface area contributed by atoms with E-state index in [-0.39, 0.29) is 30.6 Å². The lowest BCUT2D eigenvalue weighted by molar-refractivity contribution is -0.274. The molecule has 1 heterocycles. The maximum atomic E-state index is 13.6. The van der Waals surface area contributed by atoms with E-state index >= 15 is 0 Å². The number of nitrogens with one attached hydrogen (secondary N) is 1. The minimum absolute atomic E-state index is 0.0836. The van der Waals surface area contributed by atoms with Crippen LogP contribution in [0.4, 0.5) is 27.6 Å². The summed E-state index contributed by atoms with van der Waals surface area (Å²) in [5.41, 5.74) is 1.64. The summed E-state index contributed by atoms with van der Waals surface area (Å²) in [7, 11) is -4.03. The molecule has 1 aliphatic rings. The van der Waals surface area contributed by atoms with Gasteiger partial charge in [-0.2, -0.15) is 12.7 Å². The Kier molecular flexibility index (Phi) is 7.51. The van der Waals surface area contributed by atoms with E-state index in [4.69, 9.17) is 0 Å². The van der Waals surface area contributed by atoms with Crippen LogP contribution in [-0.2, 0) is 10.2 Å². The molecule has 0 bridgehead atoms. The summed E-state index contributed by atoms with van der Waals surface area (Å²) < 4.78 is 97.9. The predicted molar refractivity (Wildman–Crippen MR) is 125 cm³/mol. The Bertz CT molecular complexity index is 1220. The van der Waals surface area contributed by atoms with Gasteiger partial charge in [-0.1, -0.05) is 24.3 Å². The molecule has 192 valence electrons. The fourth-order valence-corrected chi connectivity index (χ4v) is 5.80. The van der Waals surface area contributed by atoms with Gasteiger partial charge in [-0.15, -0.1) is 13.2 Å². The fraction of sp³-hybridized carbons (Fsp3) is 0.280. The van der Waals surface area contributed by atoms with Crippen LogP contribution in [0, 0.1) is 17.6 Å². The van der Waals surface area contributed by atoms with Crippen molar-refractivity contribution in [1.82, 2.24) is 4.31 Å². The van der Waals surface area contributed by atoms with Crippen molar-refractivity contribution in [2.24, 2.45) is 5.92 Å². The van der Waals surface area contributed by atoms with Crippen molar-refractivity contribution < 1.29 is 35.1 Å². The van der Waals surface area contributed by atoms with E-state index in [1.807, 2.05) is 0 Å². The highest BCUT2D eigenvalue weighted by Gasteiger charge is 2.35. The molecule has 1 atom stereocenters. The lowest BCUT2D eigenvalue weighted by Gasteiger charge is -2.37. The number of benzene rings is 3. The first kappa shape index (κ1) is 25.9. The van der Waals surface area contributed by atoms with Gasteiger partial charge in [0, 0.05) is 19.0 Å². The molecule has 36 heavy (non-hydrogen) atoms. The van der Waals surface area contributed by atoms with Gasteiger partial charge in [0.25, 0.3) is 0 Å². The van der Waals surface area contributed by atoms with Crippen molar-refractivity contribution in [1.29, 1.82) is 0 Å². The second-order valence-corrected chi connectivity index (χ2v) is 10.2. The van der Waals surface area contributed by atoms with Crippen LogP contribution >= 0.6 is 0 Å². The molecule has 0 spiro atoms. The Morgan fingerprint density at radius 1 is 0.861 bits per heavy atom. The maximum Gasteiger partial charge on any atom is 0.573 e. The molecule has 0 aliphatic carbocycles. The van der Waals surface area contributed by atoms with Crippen molar-refractivity contribution in [2.45, 2.75) is 25.1 Å². The Morgan fingerprint density at radius 2 is 1.39 bits per heavy atom. The number of anilines is 1. The summed E-state index contributed by atoms with van der Waals surface area (Å²) in [6.07, 6.45) is -3.60. The fourth-order valence-electron chi connectivity index (χ4n) is 4.48. The van der Waals surface area contributed by atoms with Gasteiger partial charge in [-0.25, -0.2) is 8.78 Å². The molecule has 0 aromatic heterocycles. The third-order valence-electron chi connectivity index (χ3n) is 6.02. The van der Waals surface area contributed by atoms with Gasteiger partial charge in [0.15, 0.2) is 0 Å². The number of halogens is 5. The van der Waals surface area contributed by atoms with Crippen LogP contribution in [0.2, 0.25) is 0 Å². The molecule has 0 saturated carbocycles. The monoisotopic (exact) mass is 526 g/mol. The van der Waals surface area contributed by atoms with Gasteiger partial charge in [0.05, 0.1) is 5.69 Å². The number of ether oxygens (including phenoxy) is 1. The lowest BCUT2D eigenvalue weighted by Crippen LogP contribution is -2.44. The summed E-state index contributed by atoms with van der Waals surface area (Å²) >= 11 is 0. The number of rotatable bonds is 7. The van der Waals surface area contributed by atoms with E-state index in [1.54, 1.807) is 24.3 Å². The van der Waals surface area contributed by atoms with Crippen LogP contribution in [0.15, 0.2) is 72.8 Å². The normalized spacial score (nSPS) is 17.2. The van der Waals surface area contributed by atoms with Crippen LogP contribution in [0.1, 0.15) is 29.9 Å². The van der Waals surface area contributed by atoms with E-state index in [0.29, 0.717) is 12.8 Å².